The van der Waals surface area contributed by atoms with Gasteiger partial charge in [-0.05, 0) is 25.0 Å². The SMILES string of the molecule is COC(=O)C(C)CN(C(=O)c1cc(OC)cc(OC)c1)C1CCCCC1. The molecule has 1 saturated carbocycles. The van der Waals surface area contributed by atoms with Crippen molar-refractivity contribution in [3.8, 4) is 11.5 Å². The van der Waals surface area contributed by atoms with E-state index in [0.717, 1.165) is 25.7 Å². The van der Waals surface area contributed by atoms with Gasteiger partial charge in [-0.3, -0.25) is 9.59 Å². The molecule has 1 aromatic rings. The van der Waals surface area contributed by atoms with Crippen LogP contribution in [0.1, 0.15) is 49.4 Å². The Bertz CT molecular complexity index is 602. The van der Waals surface area contributed by atoms with Crippen molar-refractivity contribution in [2.45, 2.75) is 45.1 Å². The molecule has 1 aliphatic rings. The van der Waals surface area contributed by atoms with Crippen LogP contribution in [0.3, 0.4) is 0 Å². The van der Waals surface area contributed by atoms with Crippen molar-refractivity contribution in [1.29, 1.82) is 0 Å². The van der Waals surface area contributed by atoms with E-state index in [9.17, 15) is 9.59 Å². The highest BCUT2D eigenvalue weighted by atomic mass is 16.5. The van der Waals surface area contributed by atoms with Crippen molar-refractivity contribution in [2.24, 2.45) is 5.92 Å². The van der Waals surface area contributed by atoms with Gasteiger partial charge in [-0.15, -0.1) is 0 Å². The lowest BCUT2D eigenvalue weighted by atomic mass is 9.93. The van der Waals surface area contributed by atoms with E-state index >= 15 is 0 Å². The fourth-order valence-corrected chi connectivity index (χ4v) is 3.46. The maximum absolute atomic E-state index is 13.3. The van der Waals surface area contributed by atoms with E-state index < -0.39 is 0 Å². The van der Waals surface area contributed by atoms with Crippen LogP contribution in [0.15, 0.2) is 18.2 Å². The van der Waals surface area contributed by atoms with Gasteiger partial charge in [-0.1, -0.05) is 26.2 Å². The predicted molar refractivity (Wildman–Crippen MR) is 98.6 cm³/mol. The quantitative estimate of drug-likeness (QED) is 0.696. The number of ether oxygens (including phenoxy) is 3. The van der Waals surface area contributed by atoms with E-state index in [0.29, 0.717) is 23.6 Å². The van der Waals surface area contributed by atoms with Crippen LogP contribution in [-0.4, -0.2) is 50.7 Å². The zero-order valence-corrected chi connectivity index (χ0v) is 16.1. The molecular formula is C20H29NO5. The smallest absolute Gasteiger partial charge is 0.310 e. The lowest BCUT2D eigenvalue weighted by Gasteiger charge is -2.35. The van der Waals surface area contributed by atoms with Gasteiger partial charge in [-0.25, -0.2) is 0 Å². The molecule has 0 saturated heterocycles. The van der Waals surface area contributed by atoms with Gasteiger partial charge < -0.3 is 19.1 Å². The van der Waals surface area contributed by atoms with E-state index in [1.54, 1.807) is 39.3 Å². The minimum Gasteiger partial charge on any atom is -0.497 e. The summed E-state index contributed by atoms with van der Waals surface area (Å²) in [6, 6.07) is 5.30. The summed E-state index contributed by atoms with van der Waals surface area (Å²) in [6.45, 7) is 2.14. The largest absolute Gasteiger partial charge is 0.497 e. The van der Waals surface area contributed by atoms with Crippen LogP contribution in [0.25, 0.3) is 0 Å². The van der Waals surface area contributed by atoms with Crippen molar-refractivity contribution in [1.82, 2.24) is 4.90 Å². The summed E-state index contributed by atoms with van der Waals surface area (Å²) in [5.41, 5.74) is 0.504. The standard InChI is InChI=1S/C20H29NO5/c1-14(20(23)26-4)13-21(16-8-6-5-7-9-16)19(22)15-10-17(24-2)12-18(11-15)25-3/h10-12,14,16H,5-9,13H2,1-4H3. The number of rotatable bonds is 7. The molecule has 1 unspecified atom stereocenters. The second-order valence-corrected chi connectivity index (χ2v) is 6.77. The fraction of sp³-hybridized carbons (Fsp3) is 0.600. The van der Waals surface area contributed by atoms with Gasteiger partial charge in [0.2, 0.25) is 0 Å². The maximum Gasteiger partial charge on any atom is 0.310 e. The minimum absolute atomic E-state index is 0.107. The molecule has 6 nitrogen and oxygen atoms in total. The van der Waals surface area contributed by atoms with Crippen molar-refractivity contribution >= 4 is 11.9 Å². The molecule has 1 atom stereocenters. The zero-order chi connectivity index (χ0) is 19.1. The molecule has 0 bridgehead atoms. The topological polar surface area (TPSA) is 65.1 Å². The van der Waals surface area contributed by atoms with Crippen LogP contribution >= 0.6 is 0 Å². The molecule has 144 valence electrons. The molecule has 1 amide bonds. The average molecular weight is 363 g/mol. The first-order valence-electron chi connectivity index (χ1n) is 9.12. The predicted octanol–water partition coefficient (Wildman–Crippen LogP) is 3.29. The van der Waals surface area contributed by atoms with Crippen LogP contribution in [0.2, 0.25) is 0 Å². The van der Waals surface area contributed by atoms with Crippen molar-refractivity contribution in [3.63, 3.8) is 0 Å². The van der Waals surface area contributed by atoms with Gasteiger partial charge in [0.15, 0.2) is 0 Å². The Labute approximate surface area is 155 Å². The zero-order valence-electron chi connectivity index (χ0n) is 16.1. The summed E-state index contributed by atoms with van der Waals surface area (Å²) in [4.78, 5) is 27.0. The number of hydrogen-bond acceptors (Lipinski definition) is 5. The normalized spacial score (nSPS) is 15.8. The van der Waals surface area contributed by atoms with E-state index in [4.69, 9.17) is 14.2 Å². The van der Waals surface area contributed by atoms with Gasteiger partial charge in [0.05, 0.1) is 27.2 Å². The third-order valence-electron chi connectivity index (χ3n) is 4.95. The minimum atomic E-state index is -0.377. The number of methoxy groups -OCH3 is 3. The molecular weight excluding hydrogens is 334 g/mol. The van der Waals surface area contributed by atoms with Crippen molar-refractivity contribution in [2.75, 3.05) is 27.9 Å². The van der Waals surface area contributed by atoms with E-state index in [2.05, 4.69) is 0 Å². The summed E-state index contributed by atoms with van der Waals surface area (Å²) in [6.07, 6.45) is 5.31. The van der Waals surface area contributed by atoms with E-state index in [1.165, 1.54) is 13.5 Å². The molecule has 2 rings (SSSR count). The van der Waals surface area contributed by atoms with Crippen LogP contribution in [0, 0.1) is 5.92 Å². The lowest BCUT2D eigenvalue weighted by Crippen LogP contribution is -2.45. The summed E-state index contributed by atoms with van der Waals surface area (Å²) in [5.74, 6) is 0.347. The monoisotopic (exact) mass is 363 g/mol. The molecule has 0 spiro atoms. The molecule has 1 fully saturated rings. The number of benzene rings is 1. The molecule has 26 heavy (non-hydrogen) atoms. The summed E-state index contributed by atoms with van der Waals surface area (Å²) < 4.78 is 15.4. The van der Waals surface area contributed by atoms with Gasteiger partial charge >= 0.3 is 5.97 Å². The van der Waals surface area contributed by atoms with E-state index in [-0.39, 0.29) is 23.8 Å². The van der Waals surface area contributed by atoms with Crippen LogP contribution in [0.4, 0.5) is 0 Å². The first-order valence-corrected chi connectivity index (χ1v) is 9.12. The maximum atomic E-state index is 13.3. The van der Waals surface area contributed by atoms with Gasteiger partial charge in [0.1, 0.15) is 11.5 Å². The first kappa shape index (κ1) is 20.1. The Hall–Kier alpha value is -2.24. The van der Waals surface area contributed by atoms with Crippen molar-refractivity contribution < 1.29 is 23.8 Å². The van der Waals surface area contributed by atoms with Crippen molar-refractivity contribution in [3.05, 3.63) is 23.8 Å². The molecule has 0 aliphatic heterocycles. The third kappa shape index (κ3) is 4.90. The Morgan fingerprint density at radius 1 is 1.04 bits per heavy atom. The highest BCUT2D eigenvalue weighted by Gasteiger charge is 2.30. The molecule has 6 heteroatoms. The highest BCUT2D eigenvalue weighted by molar-refractivity contribution is 5.95. The average Bonchev–Trinajstić information content (AvgIpc) is 2.70. The number of hydrogen-bond donors (Lipinski definition) is 0. The van der Waals surface area contributed by atoms with Gasteiger partial charge in [0.25, 0.3) is 5.91 Å². The van der Waals surface area contributed by atoms with Crippen LogP contribution in [0.5, 0.6) is 11.5 Å². The molecule has 1 aliphatic carbocycles. The number of carbonyl (C=O) groups excluding carboxylic acids is 2. The second kappa shape index (κ2) is 9.46. The Balaban J connectivity index is 2.30. The Kier molecular flexibility index (Phi) is 7.30. The number of carbonyl (C=O) groups is 2. The molecule has 0 aromatic heterocycles. The lowest BCUT2D eigenvalue weighted by molar-refractivity contribution is -0.145. The van der Waals surface area contributed by atoms with Gasteiger partial charge in [-0.2, -0.15) is 0 Å². The molecule has 0 heterocycles. The summed E-state index contributed by atoms with van der Waals surface area (Å²) in [5, 5.41) is 0. The highest BCUT2D eigenvalue weighted by Crippen LogP contribution is 2.28. The first-order chi connectivity index (χ1) is 12.5. The fourth-order valence-electron chi connectivity index (χ4n) is 3.46. The van der Waals surface area contributed by atoms with E-state index in [1.807, 2.05) is 4.90 Å². The molecule has 1 aromatic carbocycles. The second-order valence-electron chi connectivity index (χ2n) is 6.77. The van der Waals surface area contributed by atoms with Gasteiger partial charge in [0, 0.05) is 24.2 Å². The Morgan fingerprint density at radius 2 is 1.62 bits per heavy atom. The molecule has 0 radical (unpaired) electrons. The number of nitrogens with zero attached hydrogens (tertiary/aromatic N) is 1. The Morgan fingerprint density at radius 3 is 2.12 bits per heavy atom. The summed E-state index contributed by atoms with van der Waals surface area (Å²) in [7, 11) is 4.49. The summed E-state index contributed by atoms with van der Waals surface area (Å²) >= 11 is 0. The third-order valence-corrected chi connectivity index (χ3v) is 4.95. The molecule has 0 N–H and O–H groups in total. The number of esters is 1. The number of amides is 1. The van der Waals surface area contributed by atoms with Crippen LogP contribution in [-0.2, 0) is 9.53 Å². The van der Waals surface area contributed by atoms with Crippen LogP contribution < -0.4 is 9.47 Å².